The van der Waals surface area contributed by atoms with Crippen LogP contribution in [0.4, 0.5) is 0 Å². The zero-order valence-corrected chi connectivity index (χ0v) is 30.3. The van der Waals surface area contributed by atoms with Crippen molar-refractivity contribution in [2.24, 2.45) is 5.92 Å². The summed E-state index contributed by atoms with van der Waals surface area (Å²) in [6.45, 7) is 19.8. The lowest BCUT2D eigenvalue weighted by Crippen LogP contribution is -2.72. The Hall–Kier alpha value is -1.18. The second kappa shape index (κ2) is 19.6. The van der Waals surface area contributed by atoms with Gasteiger partial charge in [0.1, 0.15) is 18.5 Å². The van der Waals surface area contributed by atoms with E-state index >= 15 is 0 Å². The van der Waals surface area contributed by atoms with Gasteiger partial charge in [0, 0.05) is 17.9 Å². The molecule has 0 aliphatic carbocycles. The number of nitrogens with zero attached hydrogens (tertiary/aromatic N) is 1. The molecule has 6 heteroatoms. The molecule has 1 aromatic rings. The van der Waals surface area contributed by atoms with Crippen LogP contribution in [0.1, 0.15) is 150 Å². The van der Waals surface area contributed by atoms with E-state index in [-0.39, 0.29) is 23.1 Å². The predicted molar refractivity (Wildman–Crippen MR) is 186 cm³/mol. The summed E-state index contributed by atoms with van der Waals surface area (Å²) in [5.74, 6) is 0.445. The topological polar surface area (TPSA) is 52.7 Å². The molecular weight excluding hydrogens is 562 g/mol. The van der Waals surface area contributed by atoms with Crippen LogP contribution in [-0.4, -0.2) is 61.1 Å². The molecule has 0 radical (unpaired) electrons. The van der Waals surface area contributed by atoms with Gasteiger partial charge in [-0.05, 0) is 63.6 Å². The molecule has 4 atom stereocenters. The molecule has 260 valence electrons. The Balaban J connectivity index is 1.67. The number of epoxide rings is 1. The van der Waals surface area contributed by atoms with Crippen LogP contribution in [0, 0.1) is 5.92 Å². The van der Waals surface area contributed by atoms with Crippen molar-refractivity contribution < 1.29 is 23.8 Å². The van der Waals surface area contributed by atoms with E-state index in [1.54, 1.807) is 0 Å². The Morgan fingerprint density at radius 3 is 1.82 bits per heavy atom. The zero-order chi connectivity index (χ0) is 32.6. The minimum absolute atomic E-state index is 0.154. The molecule has 2 saturated heterocycles. The van der Waals surface area contributed by atoms with E-state index in [9.17, 15) is 0 Å². The Bertz CT molecular complexity index is 903. The molecule has 0 spiro atoms. The van der Waals surface area contributed by atoms with E-state index < -0.39 is 5.79 Å². The summed E-state index contributed by atoms with van der Waals surface area (Å²) in [5, 5.41) is 2.36. The van der Waals surface area contributed by atoms with Gasteiger partial charge in [-0.15, -0.1) is 0 Å². The molecule has 2 fully saturated rings. The Morgan fingerprint density at radius 2 is 1.31 bits per heavy atom. The van der Waals surface area contributed by atoms with Gasteiger partial charge >= 0.3 is 0 Å². The maximum atomic E-state index is 6.98. The monoisotopic (exact) mass is 632 g/mol. The normalized spacial score (nSPS) is 26.3. The minimum Gasteiger partial charge on any atom is -0.491 e. The summed E-state index contributed by atoms with van der Waals surface area (Å²) >= 11 is 0. The summed E-state index contributed by atoms with van der Waals surface area (Å²) < 4.78 is 25.0. The van der Waals surface area contributed by atoms with E-state index in [2.05, 4.69) is 77.8 Å². The van der Waals surface area contributed by atoms with E-state index in [1.165, 1.54) is 69.8 Å². The van der Waals surface area contributed by atoms with Crippen molar-refractivity contribution in [2.45, 2.75) is 174 Å². The van der Waals surface area contributed by atoms with Crippen molar-refractivity contribution in [2.75, 3.05) is 33.0 Å². The van der Waals surface area contributed by atoms with Crippen molar-refractivity contribution in [3.05, 3.63) is 29.8 Å². The van der Waals surface area contributed by atoms with Crippen LogP contribution in [-0.2, 0) is 25.5 Å². The maximum Gasteiger partial charge on any atom is 0.174 e. The van der Waals surface area contributed by atoms with Crippen LogP contribution < -0.4 is 4.74 Å². The molecule has 3 rings (SSSR count). The molecule has 0 saturated carbocycles. The lowest BCUT2D eigenvalue weighted by Gasteiger charge is -2.62. The van der Waals surface area contributed by atoms with Crippen LogP contribution in [0.5, 0.6) is 5.75 Å². The van der Waals surface area contributed by atoms with Crippen LogP contribution in [0.15, 0.2) is 24.3 Å². The highest BCUT2D eigenvalue weighted by molar-refractivity contribution is 5.27. The molecule has 0 amide bonds. The summed E-state index contributed by atoms with van der Waals surface area (Å²) in [5.41, 5.74) is 0.820. The van der Waals surface area contributed by atoms with Gasteiger partial charge in [0.2, 0.25) is 0 Å². The number of piperidine rings is 1. The number of rotatable bonds is 25. The van der Waals surface area contributed by atoms with Crippen LogP contribution in [0.2, 0.25) is 0 Å². The quantitative estimate of drug-likeness (QED) is 0.0608. The SMILES string of the molecule is CCCCCCCCOC1(OCCCCCCCC)CC(C)(CC)N(OCCc2ccc(OCC3CO3)cc2)C(C)(CC)C1C. The summed E-state index contributed by atoms with van der Waals surface area (Å²) in [4.78, 5) is 6.82. The van der Waals surface area contributed by atoms with Gasteiger partial charge in [0.05, 0.1) is 32.0 Å². The largest absolute Gasteiger partial charge is 0.491 e. The second-order valence-electron chi connectivity index (χ2n) is 14.3. The predicted octanol–water partition coefficient (Wildman–Crippen LogP) is 10.1. The van der Waals surface area contributed by atoms with Crippen molar-refractivity contribution in [3.8, 4) is 5.75 Å². The first-order chi connectivity index (χ1) is 21.8. The minimum atomic E-state index is -0.608. The Morgan fingerprint density at radius 1 is 0.756 bits per heavy atom. The third-order valence-electron chi connectivity index (χ3n) is 10.7. The van der Waals surface area contributed by atoms with Gasteiger partial charge in [-0.25, -0.2) is 0 Å². The number of hydrogen-bond donors (Lipinski definition) is 0. The van der Waals surface area contributed by atoms with Crippen molar-refractivity contribution in [3.63, 3.8) is 0 Å². The zero-order valence-electron chi connectivity index (χ0n) is 30.3. The maximum absolute atomic E-state index is 6.98. The molecular formula is C39H69NO5. The molecule has 2 aliphatic heterocycles. The van der Waals surface area contributed by atoms with Crippen molar-refractivity contribution in [1.82, 2.24) is 5.06 Å². The molecule has 2 heterocycles. The number of ether oxygens (including phenoxy) is 4. The van der Waals surface area contributed by atoms with Gasteiger partial charge in [-0.1, -0.05) is 111 Å². The molecule has 2 aliphatic rings. The van der Waals surface area contributed by atoms with Crippen LogP contribution in [0.25, 0.3) is 0 Å². The number of benzene rings is 1. The molecule has 1 aromatic carbocycles. The Labute approximate surface area is 277 Å². The smallest absolute Gasteiger partial charge is 0.174 e. The summed E-state index contributed by atoms with van der Waals surface area (Å²) in [6.07, 6.45) is 19.0. The molecule has 0 aromatic heterocycles. The lowest BCUT2D eigenvalue weighted by molar-refractivity contribution is -0.387. The highest BCUT2D eigenvalue weighted by atomic mass is 16.7. The molecule has 0 bridgehead atoms. The van der Waals surface area contributed by atoms with Gasteiger partial charge in [0.15, 0.2) is 5.79 Å². The van der Waals surface area contributed by atoms with E-state index in [4.69, 9.17) is 23.8 Å². The first-order valence-electron chi connectivity index (χ1n) is 18.8. The highest BCUT2D eigenvalue weighted by Crippen LogP contribution is 2.52. The third-order valence-corrected chi connectivity index (χ3v) is 10.7. The first-order valence-corrected chi connectivity index (χ1v) is 18.8. The molecule has 6 nitrogen and oxygen atoms in total. The average molecular weight is 632 g/mol. The third kappa shape index (κ3) is 11.5. The van der Waals surface area contributed by atoms with Gasteiger partial charge in [-0.3, -0.25) is 4.84 Å². The fraction of sp³-hybridized carbons (Fsp3) is 0.846. The van der Waals surface area contributed by atoms with Crippen LogP contribution >= 0.6 is 0 Å². The fourth-order valence-electron chi connectivity index (χ4n) is 7.05. The van der Waals surface area contributed by atoms with Gasteiger partial charge in [-0.2, -0.15) is 5.06 Å². The van der Waals surface area contributed by atoms with E-state index in [0.29, 0.717) is 13.2 Å². The number of hydroxylamine groups is 2. The van der Waals surface area contributed by atoms with Crippen molar-refractivity contribution in [1.29, 1.82) is 0 Å². The van der Waals surface area contributed by atoms with Crippen molar-refractivity contribution >= 4 is 0 Å². The average Bonchev–Trinajstić information content (AvgIpc) is 3.89. The van der Waals surface area contributed by atoms with Crippen LogP contribution in [0.3, 0.4) is 0 Å². The second-order valence-corrected chi connectivity index (χ2v) is 14.3. The lowest BCUT2D eigenvalue weighted by atomic mass is 9.67. The molecule has 45 heavy (non-hydrogen) atoms. The number of unbranched alkanes of at least 4 members (excludes halogenated alkanes) is 10. The van der Waals surface area contributed by atoms with E-state index in [1.807, 2.05) is 0 Å². The standard InChI is InChI=1S/C39H69NO5/c1-8-12-14-16-18-20-27-43-39(44-28-21-19-17-15-13-9-2)32-37(6,10-3)40(38(7,11-4)33(39)5)45-29-26-34-22-24-35(25-23-34)41-30-36-31-42-36/h22-25,33,36H,8-21,26-32H2,1-7H3. The van der Waals surface area contributed by atoms with E-state index in [0.717, 1.165) is 64.1 Å². The van der Waals surface area contributed by atoms with Gasteiger partial charge in [0.25, 0.3) is 0 Å². The Kier molecular flexibility index (Phi) is 16.7. The summed E-state index contributed by atoms with van der Waals surface area (Å²) in [6, 6.07) is 8.42. The first kappa shape index (κ1) is 38.3. The fourth-order valence-corrected chi connectivity index (χ4v) is 7.05. The number of hydrogen-bond acceptors (Lipinski definition) is 6. The summed E-state index contributed by atoms with van der Waals surface area (Å²) in [7, 11) is 0. The highest BCUT2D eigenvalue weighted by Gasteiger charge is 2.61. The molecule has 0 N–H and O–H groups in total. The molecule has 4 unspecified atom stereocenters. The van der Waals surface area contributed by atoms with Gasteiger partial charge < -0.3 is 18.9 Å².